The van der Waals surface area contributed by atoms with Crippen LogP contribution in [0.3, 0.4) is 0 Å². The van der Waals surface area contributed by atoms with Gasteiger partial charge in [-0.3, -0.25) is 4.79 Å². The molecule has 0 atom stereocenters. The molecule has 1 aromatic heterocycles. The highest BCUT2D eigenvalue weighted by atomic mass is 16.1. The molecule has 18 heavy (non-hydrogen) atoms. The fourth-order valence-corrected chi connectivity index (χ4v) is 2.04. The second kappa shape index (κ2) is 8.03. The summed E-state index contributed by atoms with van der Waals surface area (Å²) in [7, 11) is 0. The van der Waals surface area contributed by atoms with Crippen LogP contribution in [0.15, 0.2) is 12.4 Å². The molecule has 0 fully saturated rings. The maximum absolute atomic E-state index is 11.9. The molecule has 0 aliphatic carbocycles. The molecule has 0 aliphatic rings. The third-order valence-electron chi connectivity index (χ3n) is 3.22. The maximum atomic E-state index is 11.9. The quantitative estimate of drug-likeness (QED) is 0.675. The van der Waals surface area contributed by atoms with Crippen molar-refractivity contribution in [3.05, 3.63) is 18.2 Å². The molecule has 0 bridgehead atoms. The van der Waals surface area contributed by atoms with Crippen molar-refractivity contribution in [2.24, 2.45) is 0 Å². The molecular weight excluding hydrogens is 226 g/mol. The Labute approximate surface area is 110 Å². The third-order valence-corrected chi connectivity index (χ3v) is 3.22. The van der Waals surface area contributed by atoms with Gasteiger partial charge in [0.05, 0.1) is 6.42 Å². The van der Waals surface area contributed by atoms with Crippen molar-refractivity contribution in [3.63, 3.8) is 0 Å². The molecule has 1 aromatic rings. The Morgan fingerprint density at radius 1 is 1.33 bits per heavy atom. The fourth-order valence-electron chi connectivity index (χ4n) is 2.04. The number of nitrogens with zero attached hydrogens (tertiary/aromatic N) is 3. The van der Waals surface area contributed by atoms with Crippen molar-refractivity contribution < 1.29 is 4.79 Å². The van der Waals surface area contributed by atoms with Crippen molar-refractivity contribution in [3.8, 4) is 0 Å². The molecule has 4 nitrogen and oxygen atoms in total. The van der Waals surface area contributed by atoms with Gasteiger partial charge in [-0.25, -0.2) is 4.98 Å². The van der Waals surface area contributed by atoms with Crippen LogP contribution >= 0.6 is 0 Å². The van der Waals surface area contributed by atoms with E-state index >= 15 is 0 Å². The number of Topliss-reactive ketones (excluding diaryl/α,β-unsaturated/α-hetero) is 1. The zero-order chi connectivity index (χ0) is 13.4. The molecule has 0 aromatic carbocycles. The first kappa shape index (κ1) is 14.9. The van der Waals surface area contributed by atoms with Gasteiger partial charge in [-0.15, -0.1) is 0 Å². The second-order valence-corrected chi connectivity index (χ2v) is 4.53. The molecular formula is C14H25N3O. The first-order valence-corrected chi connectivity index (χ1v) is 6.95. The van der Waals surface area contributed by atoms with E-state index < -0.39 is 0 Å². The standard InChI is InChI=1S/C14H25N3O/c1-4-9-17-11-8-15-14(17)12-13(18)7-10-16(5-2)6-3/h8,11H,4-7,9-10,12H2,1-3H3. The van der Waals surface area contributed by atoms with E-state index in [4.69, 9.17) is 0 Å². The summed E-state index contributed by atoms with van der Waals surface area (Å²) in [6.45, 7) is 10.2. The Morgan fingerprint density at radius 3 is 2.67 bits per heavy atom. The van der Waals surface area contributed by atoms with E-state index in [9.17, 15) is 4.79 Å². The smallest absolute Gasteiger partial charge is 0.141 e. The Bertz CT molecular complexity index is 356. The average Bonchev–Trinajstić information content (AvgIpc) is 2.78. The predicted octanol–water partition coefficient (Wildman–Crippen LogP) is 2.14. The van der Waals surface area contributed by atoms with Crippen LogP contribution in [0.5, 0.6) is 0 Å². The van der Waals surface area contributed by atoms with Crippen LogP contribution in [0.2, 0.25) is 0 Å². The van der Waals surface area contributed by atoms with Gasteiger partial charge >= 0.3 is 0 Å². The van der Waals surface area contributed by atoms with Gasteiger partial charge in [0.25, 0.3) is 0 Å². The van der Waals surface area contributed by atoms with Crippen LogP contribution in [-0.4, -0.2) is 39.9 Å². The minimum absolute atomic E-state index is 0.283. The molecule has 1 rings (SSSR count). The average molecular weight is 251 g/mol. The number of hydrogen-bond acceptors (Lipinski definition) is 3. The van der Waals surface area contributed by atoms with Gasteiger partial charge < -0.3 is 9.47 Å². The van der Waals surface area contributed by atoms with Crippen LogP contribution in [0.25, 0.3) is 0 Å². The van der Waals surface area contributed by atoms with Gasteiger partial charge in [0.2, 0.25) is 0 Å². The molecule has 0 spiro atoms. The summed E-state index contributed by atoms with van der Waals surface area (Å²) >= 11 is 0. The van der Waals surface area contributed by atoms with Crippen molar-refractivity contribution in [1.82, 2.24) is 14.5 Å². The fraction of sp³-hybridized carbons (Fsp3) is 0.714. The van der Waals surface area contributed by atoms with Crippen molar-refractivity contribution in [1.29, 1.82) is 0 Å². The second-order valence-electron chi connectivity index (χ2n) is 4.53. The molecule has 1 heterocycles. The molecule has 4 heteroatoms. The summed E-state index contributed by atoms with van der Waals surface area (Å²) in [6, 6.07) is 0. The monoisotopic (exact) mass is 251 g/mol. The van der Waals surface area contributed by atoms with Crippen LogP contribution < -0.4 is 0 Å². The van der Waals surface area contributed by atoms with Crippen molar-refractivity contribution in [2.45, 2.75) is 46.6 Å². The largest absolute Gasteiger partial charge is 0.335 e. The number of aryl methyl sites for hydroxylation is 1. The molecule has 0 unspecified atom stereocenters. The zero-order valence-electron chi connectivity index (χ0n) is 11.9. The molecule has 0 saturated carbocycles. The highest BCUT2D eigenvalue weighted by Crippen LogP contribution is 2.03. The van der Waals surface area contributed by atoms with Crippen LogP contribution in [0, 0.1) is 0 Å². The van der Waals surface area contributed by atoms with Crippen molar-refractivity contribution in [2.75, 3.05) is 19.6 Å². The van der Waals surface area contributed by atoms with Crippen LogP contribution in [0.1, 0.15) is 39.4 Å². The van der Waals surface area contributed by atoms with Crippen LogP contribution in [-0.2, 0) is 17.8 Å². The summed E-state index contributed by atoms with van der Waals surface area (Å²) in [5, 5.41) is 0. The number of imidazole rings is 1. The van der Waals surface area contributed by atoms with Gasteiger partial charge in [0.1, 0.15) is 11.6 Å². The van der Waals surface area contributed by atoms with E-state index in [0.717, 1.165) is 38.4 Å². The lowest BCUT2D eigenvalue weighted by atomic mass is 10.2. The molecule has 0 radical (unpaired) electrons. The zero-order valence-corrected chi connectivity index (χ0v) is 11.9. The minimum Gasteiger partial charge on any atom is -0.335 e. The van der Waals surface area contributed by atoms with E-state index in [0.29, 0.717) is 12.8 Å². The Balaban J connectivity index is 2.41. The molecule has 0 N–H and O–H groups in total. The van der Waals surface area contributed by atoms with Gasteiger partial charge in [-0.2, -0.15) is 0 Å². The molecule has 0 amide bonds. The topological polar surface area (TPSA) is 38.1 Å². The number of hydrogen-bond donors (Lipinski definition) is 0. The summed E-state index contributed by atoms with van der Waals surface area (Å²) in [4.78, 5) is 18.5. The number of carbonyl (C=O) groups is 1. The lowest BCUT2D eigenvalue weighted by Crippen LogP contribution is -2.26. The van der Waals surface area contributed by atoms with Crippen molar-refractivity contribution >= 4 is 5.78 Å². The molecule has 0 saturated heterocycles. The summed E-state index contributed by atoms with van der Waals surface area (Å²) in [5.74, 6) is 1.19. The first-order chi connectivity index (χ1) is 8.71. The van der Waals surface area contributed by atoms with E-state index in [-0.39, 0.29) is 5.78 Å². The van der Waals surface area contributed by atoms with Crippen LogP contribution in [0.4, 0.5) is 0 Å². The normalized spacial score (nSPS) is 11.1. The molecule has 102 valence electrons. The summed E-state index contributed by atoms with van der Waals surface area (Å²) in [6.07, 6.45) is 5.89. The van der Waals surface area contributed by atoms with E-state index in [2.05, 4.69) is 35.2 Å². The lowest BCUT2D eigenvalue weighted by Gasteiger charge is -2.17. The number of aromatic nitrogens is 2. The summed E-state index contributed by atoms with van der Waals surface area (Å²) in [5.41, 5.74) is 0. The Kier molecular flexibility index (Phi) is 6.65. The number of rotatable bonds is 9. The Morgan fingerprint density at radius 2 is 2.06 bits per heavy atom. The Hall–Kier alpha value is -1.16. The van der Waals surface area contributed by atoms with Gasteiger partial charge in [-0.1, -0.05) is 20.8 Å². The van der Waals surface area contributed by atoms with E-state index in [1.165, 1.54) is 0 Å². The van der Waals surface area contributed by atoms with Gasteiger partial charge in [0, 0.05) is 31.9 Å². The number of ketones is 1. The minimum atomic E-state index is 0.283. The summed E-state index contributed by atoms with van der Waals surface area (Å²) < 4.78 is 2.08. The predicted molar refractivity (Wildman–Crippen MR) is 73.6 cm³/mol. The molecule has 0 aliphatic heterocycles. The third kappa shape index (κ3) is 4.61. The highest BCUT2D eigenvalue weighted by molar-refractivity contribution is 5.80. The lowest BCUT2D eigenvalue weighted by molar-refractivity contribution is -0.118. The first-order valence-electron chi connectivity index (χ1n) is 6.95. The van der Waals surface area contributed by atoms with Gasteiger partial charge in [0.15, 0.2) is 0 Å². The highest BCUT2D eigenvalue weighted by Gasteiger charge is 2.10. The van der Waals surface area contributed by atoms with E-state index in [1.54, 1.807) is 6.20 Å². The number of carbonyl (C=O) groups excluding carboxylic acids is 1. The van der Waals surface area contributed by atoms with E-state index in [1.807, 2.05) is 6.20 Å². The maximum Gasteiger partial charge on any atom is 0.141 e. The SMILES string of the molecule is CCCn1ccnc1CC(=O)CCN(CC)CC. The van der Waals surface area contributed by atoms with Gasteiger partial charge in [-0.05, 0) is 19.5 Å².